The smallest absolute Gasteiger partial charge is 0.371 e. The summed E-state index contributed by atoms with van der Waals surface area (Å²) in [6, 6.07) is 2.48. The molecule has 1 spiro atoms. The molecular formula is C20H19F5N6O. The monoisotopic (exact) mass is 454 g/mol. The normalized spacial score (nSPS) is 23.4. The van der Waals surface area contributed by atoms with Crippen LogP contribution in [0.2, 0.25) is 0 Å². The molecule has 1 aliphatic heterocycles. The van der Waals surface area contributed by atoms with Crippen molar-refractivity contribution in [1.82, 2.24) is 24.3 Å². The fourth-order valence-electron chi connectivity index (χ4n) is 4.91. The third kappa shape index (κ3) is 3.51. The standard InChI is InChI=1S/C20H19F5N6O/c21-16(22)9-31-17-14(8-28-31)27-11-30(18(17)32)13-6-19(7-13)2-4-29(10-19)12-1-3-26-15(5-12)20(23,24)25/h1,3,5,8,11,13,16H,2,4,6-7,9-10H2. The first-order chi connectivity index (χ1) is 15.2. The van der Waals surface area contributed by atoms with Gasteiger partial charge in [0.2, 0.25) is 0 Å². The highest BCUT2D eigenvalue weighted by molar-refractivity contribution is 5.72. The second-order valence-corrected chi connectivity index (χ2v) is 8.54. The van der Waals surface area contributed by atoms with E-state index in [-0.39, 0.29) is 22.5 Å². The topological polar surface area (TPSA) is 68.8 Å². The van der Waals surface area contributed by atoms with Crippen LogP contribution in [0.3, 0.4) is 0 Å². The number of anilines is 1. The average molecular weight is 454 g/mol. The first-order valence-electron chi connectivity index (χ1n) is 10.1. The van der Waals surface area contributed by atoms with E-state index < -0.39 is 30.4 Å². The summed E-state index contributed by atoms with van der Waals surface area (Å²) < 4.78 is 67.0. The minimum absolute atomic E-state index is 0.0539. The van der Waals surface area contributed by atoms with Crippen molar-refractivity contribution in [2.75, 3.05) is 18.0 Å². The van der Waals surface area contributed by atoms with E-state index in [9.17, 15) is 26.7 Å². The van der Waals surface area contributed by atoms with Gasteiger partial charge in [-0.1, -0.05) is 0 Å². The zero-order valence-electron chi connectivity index (χ0n) is 16.8. The maximum Gasteiger partial charge on any atom is 0.433 e. The molecule has 1 saturated carbocycles. The van der Waals surface area contributed by atoms with Gasteiger partial charge in [-0.25, -0.2) is 13.8 Å². The molecule has 1 saturated heterocycles. The van der Waals surface area contributed by atoms with Crippen LogP contribution in [0.25, 0.3) is 11.0 Å². The predicted molar refractivity (Wildman–Crippen MR) is 105 cm³/mol. The van der Waals surface area contributed by atoms with E-state index in [1.165, 1.54) is 17.1 Å². The van der Waals surface area contributed by atoms with Gasteiger partial charge >= 0.3 is 6.18 Å². The van der Waals surface area contributed by atoms with Crippen molar-refractivity contribution in [3.63, 3.8) is 0 Å². The molecule has 7 nitrogen and oxygen atoms in total. The highest BCUT2D eigenvalue weighted by atomic mass is 19.4. The summed E-state index contributed by atoms with van der Waals surface area (Å²) in [6.07, 6.45) is -1.15. The number of aromatic nitrogens is 5. The van der Waals surface area contributed by atoms with Gasteiger partial charge in [0.1, 0.15) is 17.8 Å². The van der Waals surface area contributed by atoms with E-state index in [4.69, 9.17) is 0 Å². The molecule has 0 amide bonds. The molecule has 0 aromatic carbocycles. The van der Waals surface area contributed by atoms with Crippen LogP contribution in [0, 0.1) is 5.41 Å². The summed E-state index contributed by atoms with van der Waals surface area (Å²) in [7, 11) is 0. The molecule has 3 aromatic rings. The molecule has 2 fully saturated rings. The lowest BCUT2D eigenvalue weighted by atomic mass is 9.65. The molecule has 32 heavy (non-hydrogen) atoms. The fraction of sp³-hybridized carbons (Fsp3) is 0.500. The number of rotatable bonds is 4. The van der Waals surface area contributed by atoms with Crippen LogP contribution in [0.15, 0.2) is 35.6 Å². The molecule has 0 radical (unpaired) electrons. The van der Waals surface area contributed by atoms with Gasteiger partial charge in [-0.3, -0.25) is 19.0 Å². The molecular weight excluding hydrogens is 435 g/mol. The minimum Gasteiger partial charge on any atom is -0.371 e. The second kappa shape index (κ2) is 7.24. The summed E-state index contributed by atoms with van der Waals surface area (Å²) in [4.78, 5) is 22.5. The Morgan fingerprint density at radius 2 is 2.00 bits per heavy atom. The number of nitrogens with zero attached hydrogens (tertiary/aromatic N) is 6. The van der Waals surface area contributed by atoms with Crippen LogP contribution >= 0.6 is 0 Å². The number of alkyl halides is 5. The number of hydrogen-bond donors (Lipinski definition) is 0. The molecule has 170 valence electrons. The van der Waals surface area contributed by atoms with Crippen LogP contribution in [0.1, 0.15) is 31.0 Å². The zero-order chi connectivity index (χ0) is 22.7. The number of hydrogen-bond acceptors (Lipinski definition) is 5. The Bertz CT molecular complexity index is 1210. The Balaban J connectivity index is 1.33. The van der Waals surface area contributed by atoms with Crippen molar-refractivity contribution in [2.45, 2.75) is 44.5 Å². The highest BCUT2D eigenvalue weighted by Crippen LogP contribution is 2.54. The van der Waals surface area contributed by atoms with E-state index in [1.54, 1.807) is 6.07 Å². The maximum atomic E-state index is 13.0. The third-order valence-electron chi connectivity index (χ3n) is 6.46. The third-order valence-corrected chi connectivity index (χ3v) is 6.46. The number of halogens is 5. The lowest BCUT2D eigenvalue weighted by Gasteiger charge is -2.45. The van der Waals surface area contributed by atoms with Gasteiger partial charge in [-0.2, -0.15) is 18.3 Å². The first kappa shape index (κ1) is 20.8. The molecule has 5 rings (SSSR count). The molecule has 0 bridgehead atoms. The first-order valence-corrected chi connectivity index (χ1v) is 10.1. The maximum absolute atomic E-state index is 13.0. The van der Waals surface area contributed by atoms with Gasteiger partial charge in [-0.05, 0) is 36.8 Å². The lowest BCUT2D eigenvalue weighted by Crippen LogP contribution is -2.44. The second-order valence-electron chi connectivity index (χ2n) is 8.54. The molecule has 0 N–H and O–H groups in total. The molecule has 12 heteroatoms. The van der Waals surface area contributed by atoms with Crippen molar-refractivity contribution in [1.29, 1.82) is 0 Å². The Labute approximate surface area is 178 Å². The summed E-state index contributed by atoms with van der Waals surface area (Å²) in [6.45, 7) is 0.514. The number of pyridine rings is 1. The van der Waals surface area contributed by atoms with E-state index in [1.807, 2.05) is 4.90 Å². The quantitative estimate of drug-likeness (QED) is 0.565. The molecule has 1 aliphatic carbocycles. The van der Waals surface area contributed by atoms with Gasteiger partial charge < -0.3 is 4.90 Å². The molecule has 3 aromatic heterocycles. The van der Waals surface area contributed by atoms with Crippen molar-refractivity contribution in [2.24, 2.45) is 5.41 Å². The predicted octanol–water partition coefficient (Wildman–Crippen LogP) is 3.50. The van der Waals surface area contributed by atoms with E-state index >= 15 is 0 Å². The minimum atomic E-state index is -4.50. The molecule has 0 unspecified atom stereocenters. The van der Waals surface area contributed by atoms with Crippen LogP contribution in [0.5, 0.6) is 0 Å². The van der Waals surface area contributed by atoms with Gasteiger partial charge in [0.25, 0.3) is 12.0 Å². The molecule has 4 heterocycles. The largest absolute Gasteiger partial charge is 0.433 e. The van der Waals surface area contributed by atoms with Crippen molar-refractivity contribution in [3.8, 4) is 0 Å². The van der Waals surface area contributed by atoms with Gasteiger partial charge in [-0.15, -0.1) is 0 Å². The van der Waals surface area contributed by atoms with Gasteiger partial charge in [0, 0.05) is 31.0 Å². The van der Waals surface area contributed by atoms with Crippen LogP contribution in [0.4, 0.5) is 27.6 Å². The Morgan fingerprint density at radius 3 is 2.72 bits per heavy atom. The van der Waals surface area contributed by atoms with Crippen LogP contribution < -0.4 is 10.5 Å². The summed E-state index contributed by atoms with van der Waals surface area (Å²) in [5.74, 6) is 0. The van der Waals surface area contributed by atoms with Gasteiger partial charge in [0.05, 0.1) is 12.5 Å². The highest BCUT2D eigenvalue weighted by Gasteiger charge is 2.49. The fourth-order valence-corrected chi connectivity index (χ4v) is 4.91. The Hall–Kier alpha value is -3.05. The SMILES string of the molecule is O=c1c2c(cnn2CC(F)F)ncn1C1CC2(CCN(c3ccnc(C(F)(F)F)c3)C2)C1. The molecule has 0 atom stereocenters. The lowest BCUT2D eigenvalue weighted by molar-refractivity contribution is -0.141. The summed E-state index contributed by atoms with van der Waals surface area (Å²) in [5, 5.41) is 3.85. The number of fused-ring (bicyclic) bond motifs is 1. The van der Waals surface area contributed by atoms with E-state index in [0.717, 1.165) is 23.4 Å². The van der Waals surface area contributed by atoms with Gasteiger partial charge in [0.15, 0.2) is 5.52 Å². The summed E-state index contributed by atoms with van der Waals surface area (Å²) in [5.41, 5.74) is -0.641. The van der Waals surface area contributed by atoms with Crippen molar-refractivity contribution in [3.05, 3.63) is 46.9 Å². The summed E-state index contributed by atoms with van der Waals surface area (Å²) >= 11 is 0. The van der Waals surface area contributed by atoms with E-state index in [2.05, 4.69) is 15.1 Å². The van der Waals surface area contributed by atoms with Crippen LogP contribution in [-0.2, 0) is 12.7 Å². The van der Waals surface area contributed by atoms with Crippen molar-refractivity contribution >= 4 is 16.7 Å². The zero-order valence-corrected chi connectivity index (χ0v) is 16.8. The Morgan fingerprint density at radius 1 is 1.22 bits per heavy atom. The average Bonchev–Trinajstić information content (AvgIpc) is 3.32. The van der Waals surface area contributed by atoms with E-state index in [0.29, 0.717) is 31.6 Å². The van der Waals surface area contributed by atoms with Crippen LogP contribution in [-0.4, -0.2) is 43.8 Å². The Kier molecular flexibility index (Phi) is 4.71. The molecule has 2 aliphatic rings. The van der Waals surface area contributed by atoms with Crippen molar-refractivity contribution < 1.29 is 22.0 Å².